The van der Waals surface area contributed by atoms with Crippen molar-refractivity contribution in [2.45, 2.75) is 30.9 Å². The molecule has 84 valence electrons. The maximum atomic E-state index is 12.2. The summed E-state index contributed by atoms with van der Waals surface area (Å²) in [5.74, 6) is 2.39. The molecule has 1 spiro atoms. The van der Waals surface area contributed by atoms with Gasteiger partial charge in [-0.15, -0.1) is 0 Å². The number of anilines is 1. The van der Waals surface area contributed by atoms with E-state index in [2.05, 4.69) is 16.3 Å². The second-order valence-corrected chi connectivity index (χ2v) is 4.86. The molecular weight excluding hydrogens is 213 g/mol. The highest BCUT2D eigenvalue weighted by molar-refractivity contribution is 6.67. The van der Waals surface area contributed by atoms with Crippen molar-refractivity contribution in [2.24, 2.45) is 0 Å². The van der Waals surface area contributed by atoms with Crippen LogP contribution in [0.5, 0.6) is 0 Å². The number of rotatable bonds is 0. The zero-order valence-corrected chi connectivity index (χ0v) is 9.44. The van der Waals surface area contributed by atoms with Crippen LogP contribution in [0, 0.1) is 11.2 Å². The summed E-state index contributed by atoms with van der Waals surface area (Å²) in [4.78, 5) is 16.2. The lowest BCUT2D eigenvalue weighted by atomic mass is 9.39. The summed E-state index contributed by atoms with van der Waals surface area (Å²) >= 11 is 0. The topological polar surface area (TPSA) is 65.8 Å². The number of hydrogen-bond donors (Lipinski definition) is 1. The highest BCUT2D eigenvalue weighted by atomic mass is 16.2. The SMILES string of the molecule is N#CB1CCC2(CC1)C(=O)Nc1cnccc12. The number of nitrogens with zero attached hydrogens (tertiary/aromatic N) is 2. The van der Waals surface area contributed by atoms with Crippen LogP contribution >= 0.6 is 0 Å². The lowest BCUT2D eigenvalue weighted by Gasteiger charge is -2.32. The van der Waals surface area contributed by atoms with Gasteiger partial charge >= 0.3 is 0 Å². The van der Waals surface area contributed by atoms with Crippen LogP contribution in [0.15, 0.2) is 18.5 Å². The van der Waals surface area contributed by atoms with Gasteiger partial charge in [0.25, 0.3) is 6.71 Å². The molecule has 2 aliphatic rings. The summed E-state index contributed by atoms with van der Waals surface area (Å²) in [7, 11) is 0. The van der Waals surface area contributed by atoms with E-state index in [1.54, 1.807) is 12.4 Å². The molecule has 0 unspecified atom stereocenters. The standard InChI is InChI=1S/C12H12BN3O/c14-8-13-4-2-12(3-5-13)9-1-6-15-7-10(9)16-11(12)17/h1,6-7H,2-5H2,(H,16,17). The Morgan fingerprint density at radius 3 is 2.94 bits per heavy atom. The van der Waals surface area contributed by atoms with Gasteiger partial charge in [-0.25, -0.2) is 5.26 Å². The monoisotopic (exact) mass is 225 g/mol. The first-order chi connectivity index (χ1) is 8.26. The van der Waals surface area contributed by atoms with E-state index in [0.29, 0.717) is 0 Å². The van der Waals surface area contributed by atoms with E-state index in [9.17, 15) is 4.79 Å². The Hall–Kier alpha value is -1.83. The van der Waals surface area contributed by atoms with Gasteiger partial charge in [0.1, 0.15) is 0 Å². The summed E-state index contributed by atoms with van der Waals surface area (Å²) in [6, 6.07) is 1.93. The summed E-state index contributed by atoms with van der Waals surface area (Å²) in [5.41, 5.74) is 1.51. The van der Waals surface area contributed by atoms with Crippen LogP contribution in [-0.2, 0) is 10.2 Å². The smallest absolute Gasteiger partial charge is 0.267 e. The molecule has 1 aromatic rings. The molecule has 0 saturated carbocycles. The van der Waals surface area contributed by atoms with Crippen molar-refractivity contribution in [3.8, 4) is 5.97 Å². The van der Waals surface area contributed by atoms with E-state index in [-0.39, 0.29) is 12.6 Å². The average Bonchev–Trinajstić information content (AvgIpc) is 2.64. The maximum absolute atomic E-state index is 12.2. The fourth-order valence-corrected chi connectivity index (χ4v) is 3.01. The average molecular weight is 225 g/mol. The Morgan fingerprint density at radius 1 is 1.47 bits per heavy atom. The molecule has 2 aliphatic heterocycles. The zero-order valence-electron chi connectivity index (χ0n) is 9.44. The predicted molar refractivity (Wildman–Crippen MR) is 64.8 cm³/mol. The van der Waals surface area contributed by atoms with E-state index in [1.165, 1.54) is 0 Å². The molecule has 5 heteroatoms. The molecule has 1 aromatic heterocycles. The first-order valence-electron chi connectivity index (χ1n) is 5.92. The minimum Gasteiger partial charge on any atom is -0.324 e. The van der Waals surface area contributed by atoms with E-state index < -0.39 is 5.41 Å². The van der Waals surface area contributed by atoms with Crippen LogP contribution < -0.4 is 5.32 Å². The van der Waals surface area contributed by atoms with Crippen molar-refractivity contribution in [1.82, 2.24) is 4.98 Å². The Labute approximate surface area is 100 Å². The minimum atomic E-state index is -0.397. The largest absolute Gasteiger partial charge is 0.324 e. The molecule has 0 bridgehead atoms. The van der Waals surface area contributed by atoms with Gasteiger partial charge < -0.3 is 5.32 Å². The van der Waals surface area contributed by atoms with Crippen LogP contribution in [-0.4, -0.2) is 17.6 Å². The van der Waals surface area contributed by atoms with Crippen molar-refractivity contribution < 1.29 is 4.79 Å². The summed E-state index contributed by atoms with van der Waals surface area (Å²) < 4.78 is 0. The minimum absolute atomic E-state index is 0.0805. The van der Waals surface area contributed by atoms with Crippen LogP contribution in [0.4, 0.5) is 5.69 Å². The molecule has 1 saturated heterocycles. The number of carbonyl (C=O) groups excluding carboxylic acids is 1. The number of nitrogens with one attached hydrogen (secondary N) is 1. The molecule has 3 heterocycles. The van der Waals surface area contributed by atoms with Gasteiger partial charge in [-0.05, 0) is 24.5 Å². The predicted octanol–water partition coefficient (Wildman–Crippen LogP) is 1.62. The highest BCUT2D eigenvalue weighted by Crippen LogP contribution is 2.47. The number of pyridine rings is 1. The van der Waals surface area contributed by atoms with Crippen LogP contribution in [0.1, 0.15) is 18.4 Å². The molecule has 1 fully saturated rings. The molecule has 4 nitrogen and oxygen atoms in total. The lowest BCUT2D eigenvalue weighted by Crippen LogP contribution is -2.39. The molecule has 0 aliphatic carbocycles. The van der Waals surface area contributed by atoms with Gasteiger partial charge in [0.05, 0.1) is 17.3 Å². The molecule has 1 amide bonds. The van der Waals surface area contributed by atoms with Crippen molar-refractivity contribution in [3.63, 3.8) is 0 Å². The molecule has 0 radical (unpaired) electrons. The molecule has 3 rings (SSSR count). The van der Waals surface area contributed by atoms with Gasteiger partial charge in [0.15, 0.2) is 0 Å². The molecule has 1 N–H and O–H groups in total. The number of nitriles is 1. The van der Waals surface area contributed by atoms with Gasteiger partial charge in [0, 0.05) is 12.2 Å². The fourth-order valence-electron chi connectivity index (χ4n) is 3.01. The quantitative estimate of drug-likeness (QED) is 0.682. The number of carbonyl (C=O) groups is 1. The Morgan fingerprint density at radius 2 is 2.24 bits per heavy atom. The van der Waals surface area contributed by atoms with Gasteiger partial charge in [0.2, 0.25) is 5.91 Å². The van der Waals surface area contributed by atoms with Crippen LogP contribution in [0.2, 0.25) is 12.6 Å². The van der Waals surface area contributed by atoms with Gasteiger partial charge in [-0.2, -0.15) is 0 Å². The third-order valence-corrected chi connectivity index (χ3v) is 4.04. The molecule has 0 aromatic carbocycles. The van der Waals surface area contributed by atoms with Crippen molar-refractivity contribution in [3.05, 3.63) is 24.0 Å². The molecule has 0 atom stereocenters. The molecule has 17 heavy (non-hydrogen) atoms. The second kappa shape index (κ2) is 3.59. The Bertz CT molecular complexity index is 515. The first-order valence-corrected chi connectivity index (χ1v) is 5.92. The van der Waals surface area contributed by atoms with E-state index in [1.807, 2.05) is 6.07 Å². The lowest BCUT2D eigenvalue weighted by molar-refractivity contribution is -0.121. The summed E-state index contributed by atoms with van der Waals surface area (Å²) in [5, 5.41) is 11.8. The maximum Gasteiger partial charge on any atom is 0.267 e. The van der Waals surface area contributed by atoms with Gasteiger partial charge in [-0.1, -0.05) is 12.6 Å². The summed E-state index contributed by atoms with van der Waals surface area (Å²) in [6.45, 7) is 0.110. The molecular formula is C12H12BN3O. The van der Waals surface area contributed by atoms with Crippen molar-refractivity contribution in [1.29, 1.82) is 5.26 Å². The number of aromatic nitrogens is 1. The Kier molecular flexibility index (Phi) is 2.18. The van der Waals surface area contributed by atoms with E-state index in [4.69, 9.17) is 5.26 Å². The highest BCUT2D eigenvalue weighted by Gasteiger charge is 2.49. The van der Waals surface area contributed by atoms with Crippen molar-refractivity contribution in [2.75, 3.05) is 5.32 Å². The van der Waals surface area contributed by atoms with E-state index in [0.717, 1.165) is 36.7 Å². The number of hydrogen-bond acceptors (Lipinski definition) is 3. The normalized spacial score (nSPS) is 20.9. The second-order valence-electron chi connectivity index (χ2n) is 4.86. The number of amides is 1. The van der Waals surface area contributed by atoms with Crippen LogP contribution in [0.3, 0.4) is 0 Å². The third kappa shape index (κ3) is 1.37. The fraction of sp³-hybridized carbons (Fsp3) is 0.417. The first kappa shape index (κ1) is 10.3. The van der Waals surface area contributed by atoms with E-state index >= 15 is 0 Å². The summed E-state index contributed by atoms with van der Waals surface area (Å²) in [6.07, 6.45) is 6.61. The van der Waals surface area contributed by atoms with Crippen LogP contribution in [0.25, 0.3) is 0 Å². The van der Waals surface area contributed by atoms with Gasteiger partial charge in [-0.3, -0.25) is 9.78 Å². The third-order valence-electron chi connectivity index (χ3n) is 4.04. The zero-order chi connectivity index (χ0) is 11.9. The number of fused-ring (bicyclic) bond motifs is 2. The van der Waals surface area contributed by atoms with Crippen molar-refractivity contribution >= 4 is 18.3 Å². The Balaban J connectivity index is 1.99.